The molecule has 0 bridgehead atoms. The normalized spacial score (nSPS) is 11.8. The molecule has 0 fully saturated rings. The van der Waals surface area contributed by atoms with Crippen LogP contribution in [0.5, 0.6) is 0 Å². The van der Waals surface area contributed by atoms with Crippen LogP contribution in [0.3, 0.4) is 0 Å². The first-order chi connectivity index (χ1) is 12.1. The molecule has 0 heterocycles. The van der Waals surface area contributed by atoms with Gasteiger partial charge in [0.25, 0.3) is 0 Å². The molecule has 1 aromatic rings. The molecule has 1 rings (SSSR count). The van der Waals surface area contributed by atoms with Crippen molar-refractivity contribution in [2.75, 3.05) is 19.6 Å². The summed E-state index contributed by atoms with van der Waals surface area (Å²) in [4.78, 5) is 2.72. The van der Waals surface area contributed by atoms with Gasteiger partial charge in [-0.15, -0.1) is 0 Å². The Hall–Kier alpha value is -0.820. The summed E-state index contributed by atoms with van der Waals surface area (Å²) in [6, 6.07) is 11.0. The molecular formula is C24H43N. The molecule has 1 nitrogen and oxygen atoms in total. The summed E-state index contributed by atoms with van der Waals surface area (Å²) in [6.07, 6.45) is 12.3. The molecule has 0 spiro atoms. The standard InChI is InChI=1S/C24H43N/c1-22(2)14-8-6-12-19-25(20-13-7-9-15-23(3)4)21-18-24-16-10-5-11-17-24/h5,10-11,16-17,22-23H,6-9,12-15,18-21H2,1-4H3. The van der Waals surface area contributed by atoms with Crippen molar-refractivity contribution in [1.29, 1.82) is 0 Å². The van der Waals surface area contributed by atoms with E-state index < -0.39 is 0 Å². The van der Waals surface area contributed by atoms with Crippen molar-refractivity contribution in [1.82, 2.24) is 4.90 Å². The summed E-state index contributed by atoms with van der Waals surface area (Å²) in [5.74, 6) is 1.71. The minimum Gasteiger partial charge on any atom is -0.303 e. The Bertz CT molecular complexity index is 378. The topological polar surface area (TPSA) is 3.24 Å². The number of hydrogen-bond acceptors (Lipinski definition) is 1. The molecule has 0 aliphatic carbocycles. The van der Waals surface area contributed by atoms with E-state index in [4.69, 9.17) is 0 Å². The zero-order valence-electron chi connectivity index (χ0n) is 17.5. The highest BCUT2D eigenvalue weighted by Gasteiger charge is 2.06. The van der Waals surface area contributed by atoms with Gasteiger partial charge in [-0.2, -0.15) is 0 Å². The molecule has 0 aliphatic heterocycles. The maximum absolute atomic E-state index is 2.72. The Morgan fingerprint density at radius 3 is 1.64 bits per heavy atom. The SMILES string of the molecule is CC(C)CCCCCN(CCCCCC(C)C)CCc1ccccc1. The van der Waals surface area contributed by atoms with Crippen LogP contribution in [0.2, 0.25) is 0 Å². The summed E-state index contributed by atoms with van der Waals surface area (Å²) < 4.78 is 0. The van der Waals surface area contributed by atoms with Crippen LogP contribution in [0.4, 0.5) is 0 Å². The highest BCUT2D eigenvalue weighted by Crippen LogP contribution is 2.12. The smallest absolute Gasteiger partial charge is 0.00218 e. The van der Waals surface area contributed by atoms with Gasteiger partial charge in [-0.05, 0) is 49.8 Å². The van der Waals surface area contributed by atoms with Gasteiger partial charge in [0.2, 0.25) is 0 Å². The average molecular weight is 346 g/mol. The van der Waals surface area contributed by atoms with Crippen LogP contribution in [0.1, 0.15) is 84.6 Å². The lowest BCUT2D eigenvalue weighted by atomic mass is 10.0. The van der Waals surface area contributed by atoms with Gasteiger partial charge >= 0.3 is 0 Å². The maximum atomic E-state index is 2.72. The molecule has 0 saturated carbocycles. The van der Waals surface area contributed by atoms with Crippen molar-refractivity contribution < 1.29 is 0 Å². The van der Waals surface area contributed by atoms with E-state index in [0.717, 1.165) is 11.8 Å². The van der Waals surface area contributed by atoms with E-state index in [1.54, 1.807) is 0 Å². The van der Waals surface area contributed by atoms with Gasteiger partial charge in [-0.3, -0.25) is 0 Å². The molecule has 1 heteroatoms. The van der Waals surface area contributed by atoms with Gasteiger partial charge in [0.15, 0.2) is 0 Å². The Morgan fingerprint density at radius 2 is 1.16 bits per heavy atom. The zero-order valence-corrected chi connectivity index (χ0v) is 17.5. The minimum absolute atomic E-state index is 0.857. The number of nitrogens with zero attached hydrogens (tertiary/aromatic N) is 1. The monoisotopic (exact) mass is 345 g/mol. The number of unbranched alkanes of at least 4 members (excludes halogenated alkanes) is 4. The molecule has 0 N–H and O–H groups in total. The van der Waals surface area contributed by atoms with Crippen molar-refractivity contribution in [3.05, 3.63) is 35.9 Å². The van der Waals surface area contributed by atoms with Crippen LogP contribution in [-0.2, 0) is 6.42 Å². The number of hydrogen-bond donors (Lipinski definition) is 0. The Morgan fingerprint density at radius 1 is 0.640 bits per heavy atom. The summed E-state index contributed by atoms with van der Waals surface area (Å²) in [6.45, 7) is 13.1. The Kier molecular flexibility index (Phi) is 12.8. The summed E-state index contributed by atoms with van der Waals surface area (Å²) >= 11 is 0. The van der Waals surface area contributed by atoms with Gasteiger partial charge in [0.05, 0.1) is 0 Å². The van der Waals surface area contributed by atoms with Crippen molar-refractivity contribution in [3.8, 4) is 0 Å². The van der Waals surface area contributed by atoms with E-state index in [2.05, 4.69) is 62.9 Å². The van der Waals surface area contributed by atoms with E-state index in [-0.39, 0.29) is 0 Å². The third kappa shape index (κ3) is 13.1. The molecule has 25 heavy (non-hydrogen) atoms. The second-order valence-corrected chi connectivity index (χ2v) is 8.56. The minimum atomic E-state index is 0.857. The van der Waals surface area contributed by atoms with Gasteiger partial charge < -0.3 is 4.90 Å². The van der Waals surface area contributed by atoms with E-state index >= 15 is 0 Å². The lowest BCUT2D eigenvalue weighted by molar-refractivity contribution is 0.262. The first kappa shape index (κ1) is 22.2. The van der Waals surface area contributed by atoms with Crippen molar-refractivity contribution in [2.45, 2.75) is 85.5 Å². The molecule has 0 saturated heterocycles. The molecule has 0 amide bonds. The molecule has 0 radical (unpaired) electrons. The Balaban J connectivity index is 2.27. The highest BCUT2D eigenvalue weighted by molar-refractivity contribution is 5.14. The highest BCUT2D eigenvalue weighted by atomic mass is 15.1. The summed E-state index contributed by atoms with van der Waals surface area (Å²) in [5.41, 5.74) is 1.48. The molecule has 144 valence electrons. The molecule has 0 unspecified atom stereocenters. The second kappa shape index (κ2) is 14.4. The van der Waals surface area contributed by atoms with Gasteiger partial charge in [-0.25, -0.2) is 0 Å². The molecular weight excluding hydrogens is 302 g/mol. The predicted molar refractivity (Wildman–Crippen MR) is 113 cm³/mol. The van der Waals surface area contributed by atoms with Crippen LogP contribution >= 0.6 is 0 Å². The Labute approximate surface area is 158 Å². The van der Waals surface area contributed by atoms with Crippen LogP contribution in [-0.4, -0.2) is 24.5 Å². The molecule has 1 aromatic carbocycles. The van der Waals surface area contributed by atoms with Crippen molar-refractivity contribution in [2.24, 2.45) is 11.8 Å². The van der Waals surface area contributed by atoms with E-state index in [1.165, 1.54) is 83.0 Å². The average Bonchev–Trinajstić information content (AvgIpc) is 2.58. The van der Waals surface area contributed by atoms with Gasteiger partial charge in [0.1, 0.15) is 0 Å². The van der Waals surface area contributed by atoms with Gasteiger partial charge in [0, 0.05) is 6.54 Å². The zero-order chi connectivity index (χ0) is 18.3. The van der Waals surface area contributed by atoms with Crippen LogP contribution < -0.4 is 0 Å². The first-order valence-electron chi connectivity index (χ1n) is 10.8. The predicted octanol–water partition coefficient (Wildman–Crippen LogP) is 6.96. The lowest BCUT2D eigenvalue weighted by Crippen LogP contribution is -2.28. The third-order valence-corrected chi connectivity index (χ3v) is 5.07. The molecule has 0 aromatic heterocycles. The number of benzene rings is 1. The van der Waals surface area contributed by atoms with Crippen LogP contribution in [0.25, 0.3) is 0 Å². The first-order valence-corrected chi connectivity index (χ1v) is 10.8. The van der Waals surface area contributed by atoms with E-state index in [0.29, 0.717) is 0 Å². The quantitative estimate of drug-likeness (QED) is 0.310. The summed E-state index contributed by atoms with van der Waals surface area (Å²) in [7, 11) is 0. The maximum Gasteiger partial charge on any atom is 0.00218 e. The van der Waals surface area contributed by atoms with E-state index in [1.807, 2.05) is 0 Å². The van der Waals surface area contributed by atoms with E-state index in [9.17, 15) is 0 Å². The third-order valence-electron chi connectivity index (χ3n) is 5.07. The second-order valence-electron chi connectivity index (χ2n) is 8.56. The van der Waals surface area contributed by atoms with Gasteiger partial charge in [-0.1, -0.05) is 96.6 Å². The fourth-order valence-corrected chi connectivity index (χ4v) is 3.40. The summed E-state index contributed by atoms with van der Waals surface area (Å²) in [5, 5.41) is 0. The van der Waals surface area contributed by atoms with Crippen molar-refractivity contribution >= 4 is 0 Å². The molecule has 0 aliphatic rings. The molecule has 0 atom stereocenters. The lowest BCUT2D eigenvalue weighted by Gasteiger charge is -2.22. The fourth-order valence-electron chi connectivity index (χ4n) is 3.40. The largest absolute Gasteiger partial charge is 0.303 e. The number of rotatable bonds is 15. The van der Waals surface area contributed by atoms with Crippen LogP contribution in [0, 0.1) is 11.8 Å². The fraction of sp³-hybridized carbons (Fsp3) is 0.750. The van der Waals surface area contributed by atoms with Crippen LogP contribution in [0.15, 0.2) is 30.3 Å². The van der Waals surface area contributed by atoms with Crippen molar-refractivity contribution in [3.63, 3.8) is 0 Å².